The van der Waals surface area contributed by atoms with E-state index in [0.717, 1.165) is 0 Å². The zero-order valence-corrected chi connectivity index (χ0v) is 12.8. The third-order valence-electron chi connectivity index (χ3n) is 3.71. The van der Waals surface area contributed by atoms with Crippen molar-refractivity contribution in [2.45, 2.75) is 24.2 Å². The monoisotopic (exact) mass is 331 g/mol. The van der Waals surface area contributed by atoms with Crippen molar-refractivity contribution >= 4 is 28.7 Å². The summed E-state index contributed by atoms with van der Waals surface area (Å²) in [4.78, 5) is 29.0. The van der Waals surface area contributed by atoms with Crippen molar-refractivity contribution in [1.29, 1.82) is 0 Å². The third kappa shape index (κ3) is 2.52. The molecule has 4 heterocycles. The first-order chi connectivity index (χ1) is 11.2. The number of nitrogens with one attached hydrogen (secondary N) is 2. The maximum atomic E-state index is 12.5. The summed E-state index contributed by atoms with van der Waals surface area (Å²) in [6.45, 7) is 0.340. The minimum atomic E-state index is -0.203. The minimum Gasteiger partial charge on any atom is -0.467 e. The number of furan rings is 1. The molecule has 0 bridgehead atoms. The van der Waals surface area contributed by atoms with Gasteiger partial charge in [0, 0.05) is 12.2 Å². The van der Waals surface area contributed by atoms with Gasteiger partial charge in [-0.3, -0.25) is 19.3 Å². The fraction of sp³-hybridized carbons (Fsp3) is 0.286. The quantitative estimate of drug-likeness (QED) is 0.693. The Kier molecular flexibility index (Phi) is 3.41. The van der Waals surface area contributed by atoms with E-state index in [1.54, 1.807) is 23.0 Å². The molecule has 1 amide bonds. The number of amides is 1. The lowest BCUT2D eigenvalue weighted by molar-refractivity contribution is -0.122. The van der Waals surface area contributed by atoms with Crippen molar-refractivity contribution in [3.05, 3.63) is 40.7 Å². The van der Waals surface area contributed by atoms with E-state index in [9.17, 15) is 9.59 Å². The van der Waals surface area contributed by atoms with Crippen LogP contribution in [-0.2, 0) is 11.3 Å². The lowest BCUT2D eigenvalue weighted by Crippen LogP contribution is -2.30. The van der Waals surface area contributed by atoms with E-state index < -0.39 is 0 Å². The molecule has 3 aromatic heterocycles. The van der Waals surface area contributed by atoms with Gasteiger partial charge in [-0.25, -0.2) is 4.98 Å². The molecule has 8 nitrogen and oxygen atoms in total. The highest BCUT2D eigenvalue weighted by atomic mass is 32.2. The van der Waals surface area contributed by atoms with Gasteiger partial charge in [0.1, 0.15) is 11.1 Å². The van der Waals surface area contributed by atoms with Crippen LogP contribution >= 0.6 is 11.8 Å². The number of carbonyl (C=O) groups is 1. The predicted molar refractivity (Wildman–Crippen MR) is 83.1 cm³/mol. The molecule has 0 saturated carbocycles. The standard InChI is InChI=1S/C14H13N5O3S/c20-11(15-5-9-2-1-3-22-9)4-8-7-23-14-17-12-10(6-16-18-12)13(21)19(8)14/h1-3,6,8H,4-5,7H2,(H,15,20)(H,16,18). The van der Waals surface area contributed by atoms with Crippen LogP contribution in [0.5, 0.6) is 0 Å². The van der Waals surface area contributed by atoms with Crippen molar-refractivity contribution in [2.24, 2.45) is 0 Å². The fourth-order valence-corrected chi connectivity index (χ4v) is 3.73. The second-order valence-corrected chi connectivity index (χ2v) is 6.21. The van der Waals surface area contributed by atoms with E-state index in [-0.39, 0.29) is 23.9 Å². The van der Waals surface area contributed by atoms with E-state index in [1.807, 2.05) is 0 Å². The number of nitrogens with zero attached hydrogens (tertiary/aromatic N) is 3. The van der Waals surface area contributed by atoms with Gasteiger partial charge >= 0.3 is 0 Å². The first-order valence-corrected chi connectivity index (χ1v) is 8.08. The smallest absolute Gasteiger partial charge is 0.265 e. The van der Waals surface area contributed by atoms with Crippen molar-refractivity contribution < 1.29 is 9.21 Å². The zero-order valence-electron chi connectivity index (χ0n) is 12.0. The Labute approximate surface area is 134 Å². The second-order valence-electron chi connectivity index (χ2n) is 5.23. The minimum absolute atomic E-state index is 0.126. The van der Waals surface area contributed by atoms with Gasteiger partial charge in [-0.15, -0.1) is 0 Å². The number of aromatic amines is 1. The summed E-state index contributed by atoms with van der Waals surface area (Å²) in [5.74, 6) is 1.22. The normalized spacial score (nSPS) is 16.6. The molecule has 9 heteroatoms. The van der Waals surface area contributed by atoms with Gasteiger partial charge in [-0.1, -0.05) is 11.8 Å². The first kappa shape index (κ1) is 14.1. The lowest BCUT2D eigenvalue weighted by Gasteiger charge is -2.12. The molecule has 1 aliphatic heterocycles. The maximum Gasteiger partial charge on any atom is 0.265 e. The zero-order chi connectivity index (χ0) is 15.8. The van der Waals surface area contributed by atoms with Crippen LogP contribution in [-0.4, -0.2) is 31.4 Å². The molecule has 118 valence electrons. The molecular formula is C14H13N5O3S. The average Bonchev–Trinajstić information content (AvgIpc) is 3.26. The molecule has 23 heavy (non-hydrogen) atoms. The highest BCUT2D eigenvalue weighted by molar-refractivity contribution is 7.99. The van der Waals surface area contributed by atoms with E-state index >= 15 is 0 Å². The topological polar surface area (TPSA) is 106 Å². The van der Waals surface area contributed by atoms with Crippen LogP contribution in [0.3, 0.4) is 0 Å². The number of carbonyl (C=O) groups excluding carboxylic acids is 1. The van der Waals surface area contributed by atoms with Crippen molar-refractivity contribution in [3.63, 3.8) is 0 Å². The van der Waals surface area contributed by atoms with E-state index in [1.165, 1.54) is 18.0 Å². The van der Waals surface area contributed by atoms with Crippen molar-refractivity contribution in [2.75, 3.05) is 5.75 Å². The Balaban J connectivity index is 1.52. The Morgan fingerprint density at radius 2 is 2.48 bits per heavy atom. The van der Waals surface area contributed by atoms with E-state index in [4.69, 9.17) is 4.42 Å². The van der Waals surface area contributed by atoms with Gasteiger partial charge in [0.05, 0.1) is 25.0 Å². The van der Waals surface area contributed by atoms with Gasteiger partial charge in [0.2, 0.25) is 5.91 Å². The second kappa shape index (κ2) is 5.58. The summed E-state index contributed by atoms with van der Waals surface area (Å²) in [5, 5.41) is 10.4. The Hall–Kier alpha value is -2.55. The van der Waals surface area contributed by atoms with Crippen molar-refractivity contribution in [3.8, 4) is 0 Å². The molecule has 0 aliphatic carbocycles. The molecular weight excluding hydrogens is 318 g/mol. The fourth-order valence-electron chi connectivity index (χ4n) is 2.59. The van der Waals surface area contributed by atoms with Gasteiger partial charge in [0.25, 0.3) is 5.56 Å². The molecule has 1 unspecified atom stereocenters. The Bertz CT molecular complexity index is 914. The van der Waals surface area contributed by atoms with E-state index in [2.05, 4.69) is 20.5 Å². The number of hydrogen-bond acceptors (Lipinski definition) is 6. The van der Waals surface area contributed by atoms with Crippen LogP contribution in [0, 0.1) is 0 Å². The molecule has 1 atom stereocenters. The maximum absolute atomic E-state index is 12.5. The Morgan fingerprint density at radius 3 is 3.30 bits per heavy atom. The average molecular weight is 331 g/mol. The van der Waals surface area contributed by atoms with Gasteiger partial charge in [0.15, 0.2) is 10.8 Å². The van der Waals surface area contributed by atoms with Crippen molar-refractivity contribution in [1.82, 2.24) is 25.1 Å². The highest BCUT2D eigenvalue weighted by Crippen LogP contribution is 2.32. The van der Waals surface area contributed by atoms with Crippen LogP contribution in [0.25, 0.3) is 11.0 Å². The first-order valence-electron chi connectivity index (χ1n) is 7.10. The molecule has 0 aromatic carbocycles. The SMILES string of the molecule is O=C(CC1CSc2nc3[nH]ncc3c(=O)n21)NCc1ccco1. The summed E-state index contributed by atoms with van der Waals surface area (Å²) in [6, 6.07) is 3.36. The summed E-state index contributed by atoms with van der Waals surface area (Å²) in [7, 11) is 0. The van der Waals surface area contributed by atoms with Crippen LogP contribution in [0.4, 0.5) is 0 Å². The molecule has 0 saturated heterocycles. The molecule has 1 aliphatic rings. The molecule has 3 aromatic rings. The largest absolute Gasteiger partial charge is 0.467 e. The number of aromatic nitrogens is 4. The van der Waals surface area contributed by atoms with Gasteiger partial charge in [-0.2, -0.15) is 5.10 Å². The summed E-state index contributed by atoms with van der Waals surface area (Å²) in [6.07, 6.45) is 3.26. The van der Waals surface area contributed by atoms with E-state index in [0.29, 0.717) is 34.2 Å². The van der Waals surface area contributed by atoms with Crippen LogP contribution in [0.2, 0.25) is 0 Å². The van der Waals surface area contributed by atoms with Crippen LogP contribution in [0.1, 0.15) is 18.2 Å². The van der Waals surface area contributed by atoms with Crippen LogP contribution in [0.15, 0.2) is 39.0 Å². The number of thioether (sulfide) groups is 1. The molecule has 0 radical (unpaired) electrons. The summed E-state index contributed by atoms with van der Waals surface area (Å²) < 4.78 is 6.77. The third-order valence-corrected chi connectivity index (χ3v) is 4.81. The summed E-state index contributed by atoms with van der Waals surface area (Å²) in [5.41, 5.74) is 0.323. The molecule has 0 spiro atoms. The Morgan fingerprint density at radius 1 is 1.57 bits per heavy atom. The number of rotatable bonds is 4. The predicted octanol–water partition coefficient (Wildman–Crippen LogP) is 1.07. The lowest BCUT2D eigenvalue weighted by atomic mass is 10.2. The number of H-pyrrole nitrogens is 1. The number of fused-ring (bicyclic) bond motifs is 2. The summed E-state index contributed by atoms with van der Waals surface area (Å²) >= 11 is 1.47. The highest BCUT2D eigenvalue weighted by Gasteiger charge is 2.28. The van der Waals surface area contributed by atoms with Crippen LogP contribution < -0.4 is 10.9 Å². The number of hydrogen-bond donors (Lipinski definition) is 2. The molecule has 2 N–H and O–H groups in total. The van der Waals surface area contributed by atoms with Gasteiger partial charge < -0.3 is 9.73 Å². The van der Waals surface area contributed by atoms with Gasteiger partial charge in [-0.05, 0) is 12.1 Å². The molecule has 0 fully saturated rings. The molecule has 4 rings (SSSR count).